The van der Waals surface area contributed by atoms with E-state index >= 15 is 0 Å². The second-order valence-electron chi connectivity index (χ2n) is 10.6. The van der Waals surface area contributed by atoms with Gasteiger partial charge in [-0.05, 0) is 63.1 Å². The normalized spacial score (nSPS) is 22.1. The van der Waals surface area contributed by atoms with E-state index in [4.69, 9.17) is 22.4 Å². The molecule has 0 radical (unpaired) electrons. The molecule has 9 nitrogen and oxygen atoms in total. The van der Waals surface area contributed by atoms with Gasteiger partial charge in [-0.3, -0.25) is 0 Å². The fraction of sp³-hybridized carbons (Fsp3) is 0.704. The van der Waals surface area contributed by atoms with Gasteiger partial charge in [-0.1, -0.05) is 43.0 Å². The maximum absolute atomic E-state index is 14.0. The van der Waals surface area contributed by atoms with E-state index in [2.05, 4.69) is 5.32 Å². The van der Waals surface area contributed by atoms with Crippen LogP contribution in [0.25, 0.3) is 0 Å². The molecule has 1 heterocycles. The highest BCUT2D eigenvalue weighted by Gasteiger charge is 2.43. The molecular formula is C27H43ClN4O5. The fourth-order valence-electron chi connectivity index (χ4n) is 6.00. The van der Waals surface area contributed by atoms with Gasteiger partial charge in [0, 0.05) is 43.2 Å². The molecule has 0 bridgehead atoms. The number of piperidine rings is 1. The summed E-state index contributed by atoms with van der Waals surface area (Å²) in [7, 11) is 0. The summed E-state index contributed by atoms with van der Waals surface area (Å²) in [5.41, 5.74) is 5.16. The first kappa shape index (κ1) is 29.5. The summed E-state index contributed by atoms with van der Waals surface area (Å²) in [6.07, 6.45) is 5.41. The van der Waals surface area contributed by atoms with Gasteiger partial charge in [0.15, 0.2) is 0 Å². The summed E-state index contributed by atoms with van der Waals surface area (Å²) >= 11 is 6.27. The number of carbonyl (C=O) groups excluding carboxylic acids is 1. The predicted molar refractivity (Wildman–Crippen MR) is 144 cm³/mol. The Balaban J connectivity index is 1.84. The van der Waals surface area contributed by atoms with Crippen molar-refractivity contribution in [1.29, 1.82) is 0 Å². The Labute approximate surface area is 225 Å². The molecule has 4 atom stereocenters. The van der Waals surface area contributed by atoms with Crippen LogP contribution in [0, 0.1) is 5.92 Å². The molecule has 1 saturated carbocycles. The van der Waals surface area contributed by atoms with Crippen LogP contribution in [0.1, 0.15) is 70.3 Å². The average Bonchev–Trinajstić information content (AvgIpc) is 2.91. The molecule has 1 aromatic rings. The third-order valence-corrected chi connectivity index (χ3v) is 8.36. The summed E-state index contributed by atoms with van der Waals surface area (Å²) in [6.45, 7) is 3.11. The van der Waals surface area contributed by atoms with Crippen molar-refractivity contribution in [3.05, 3.63) is 34.9 Å². The summed E-state index contributed by atoms with van der Waals surface area (Å²) in [4.78, 5) is 28.5. The number of nitrogens with two attached hydrogens (primary N) is 1. The number of nitrogens with zero attached hydrogens (tertiary/aromatic N) is 2. The Hall–Kier alpha value is -2.07. The predicted octanol–water partition coefficient (Wildman–Crippen LogP) is 3.75. The van der Waals surface area contributed by atoms with Crippen molar-refractivity contribution < 1.29 is 24.9 Å². The number of nitrogens with one attached hydrogen (secondary N) is 1. The van der Waals surface area contributed by atoms with Crippen LogP contribution in [0.2, 0.25) is 5.02 Å². The van der Waals surface area contributed by atoms with Gasteiger partial charge in [0.05, 0.1) is 17.7 Å². The first-order valence-corrected chi connectivity index (χ1v) is 14.0. The average molecular weight is 539 g/mol. The highest BCUT2D eigenvalue weighted by Crippen LogP contribution is 2.40. The molecule has 2 aliphatic rings. The zero-order valence-electron chi connectivity index (χ0n) is 21.8. The van der Waals surface area contributed by atoms with Crippen LogP contribution in [0.15, 0.2) is 24.3 Å². The number of rotatable bonds is 10. The largest absolute Gasteiger partial charge is 0.465 e. The lowest BCUT2D eigenvalue weighted by Gasteiger charge is -2.47. The molecule has 0 unspecified atom stereocenters. The lowest BCUT2D eigenvalue weighted by molar-refractivity contribution is -0.0591. The number of halogens is 1. The summed E-state index contributed by atoms with van der Waals surface area (Å²) in [6, 6.07) is 6.68. The van der Waals surface area contributed by atoms with Crippen molar-refractivity contribution in [2.75, 3.05) is 26.2 Å². The minimum absolute atomic E-state index is 0.0618. The minimum atomic E-state index is -1.28. The number of likely N-dealkylation sites (tertiary alicyclic amines) is 1. The van der Waals surface area contributed by atoms with E-state index in [9.17, 15) is 19.8 Å². The van der Waals surface area contributed by atoms with E-state index in [0.717, 1.165) is 44.9 Å². The number of benzene rings is 1. The molecule has 3 rings (SSSR count). The number of amides is 3. The molecule has 1 saturated heterocycles. The second kappa shape index (κ2) is 13.6. The monoisotopic (exact) mass is 538 g/mol. The minimum Gasteiger partial charge on any atom is -0.465 e. The molecule has 10 heteroatoms. The van der Waals surface area contributed by atoms with Crippen molar-refractivity contribution in [2.45, 2.75) is 88.5 Å². The van der Waals surface area contributed by atoms with Crippen molar-refractivity contribution in [1.82, 2.24) is 15.1 Å². The Morgan fingerprint density at radius 2 is 1.97 bits per heavy atom. The van der Waals surface area contributed by atoms with Crippen LogP contribution in [0.5, 0.6) is 0 Å². The third kappa shape index (κ3) is 7.50. The molecule has 2 fully saturated rings. The van der Waals surface area contributed by atoms with Gasteiger partial charge < -0.3 is 36.2 Å². The zero-order chi connectivity index (χ0) is 27.0. The van der Waals surface area contributed by atoms with E-state index in [1.807, 2.05) is 22.8 Å². The van der Waals surface area contributed by atoms with Gasteiger partial charge in [-0.15, -0.1) is 0 Å². The highest BCUT2D eigenvalue weighted by molar-refractivity contribution is 6.30. The SMILES string of the molecule is C[C@@H]([C@H](O)CN)N(C(=O)N1CCC[C@@H]([C@@](O)(CCCNC(=O)O)c2cccc(Cl)c2)C1)C1CCCCC1. The van der Waals surface area contributed by atoms with Crippen LogP contribution in [-0.2, 0) is 5.60 Å². The standard InChI is InChI=1S/C27H43ClN4O5/c1-19(24(33)17-29)32(23-11-3-2-4-12-23)26(36)31-15-6-9-21(18-31)27(37,13-7-14-30-25(34)35)20-8-5-10-22(28)16-20/h5,8,10,16,19,21,23-24,30,33,37H,2-4,6-7,9,11-15,17-18,29H2,1H3,(H,34,35)/t19-,21+,24+,27+/m0/s1. The van der Waals surface area contributed by atoms with Gasteiger partial charge in [0.2, 0.25) is 0 Å². The van der Waals surface area contributed by atoms with Crippen LogP contribution in [-0.4, -0.2) is 81.6 Å². The Morgan fingerprint density at radius 3 is 2.62 bits per heavy atom. The Bertz CT molecular complexity index is 897. The smallest absolute Gasteiger partial charge is 0.404 e. The van der Waals surface area contributed by atoms with E-state index in [0.29, 0.717) is 36.5 Å². The number of urea groups is 1. The molecule has 0 spiro atoms. The van der Waals surface area contributed by atoms with Crippen molar-refractivity contribution in [2.24, 2.45) is 11.7 Å². The first-order valence-electron chi connectivity index (χ1n) is 13.6. The van der Waals surface area contributed by atoms with Gasteiger partial charge in [0.25, 0.3) is 0 Å². The number of aliphatic hydroxyl groups excluding tert-OH is 1. The quantitative estimate of drug-likeness (QED) is 0.287. The van der Waals surface area contributed by atoms with E-state index in [-0.39, 0.29) is 31.1 Å². The summed E-state index contributed by atoms with van der Waals surface area (Å²) in [5.74, 6) is -0.253. The molecule has 0 aromatic heterocycles. The van der Waals surface area contributed by atoms with Crippen molar-refractivity contribution in [3.63, 3.8) is 0 Å². The van der Waals surface area contributed by atoms with E-state index in [1.165, 1.54) is 0 Å². The molecule has 6 N–H and O–H groups in total. The number of carbonyl (C=O) groups is 2. The van der Waals surface area contributed by atoms with Crippen molar-refractivity contribution >= 4 is 23.7 Å². The van der Waals surface area contributed by atoms with Crippen LogP contribution >= 0.6 is 11.6 Å². The third-order valence-electron chi connectivity index (χ3n) is 8.13. The number of aliphatic hydroxyl groups is 2. The lowest BCUT2D eigenvalue weighted by atomic mass is 9.74. The molecule has 3 amide bonds. The number of carboxylic acid groups (broad SMARTS) is 1. The molecule has 1 aromatic carbocycles. The van der Waals surface area contributed by atoms with Crippen LogP contribution in [0.4, 0.5) is 9.59 Å². The zero-order valence-corrected chi connectivity index (χ0v) is 22.6. The van der Waals surface area contributed by atoms with Gasteiger partial charge >= 0.3 is 12.1 Å². The fourth-order valence-corrected chi connectivity index (χ4v) is 6.19. The maximum Gasteiger partial charge on any atom is 0.404 e. The summed E-state index contributed by atoms with van der Waals surface area (Å²) in [5, 5.41) is 34.4. The first-order chi connectivity index (χ1) is 17.7. The molecule has 37 heavy (non-hydrogen) atoms. The molecule has 208 valence electrons. The van der Waals surface area contributed by atoms with Crippen LogP contribution in [0.3, 0.4) is 0 Å². The Kier molecular flexibility index (Phi) is 10.9. The molecule has 1 aliphatic heterocycles. The lowest BCUT2D eigenvalue weighted by Crippen LogP contribution is -2.59. The Morgan fingerprint density at radius 1 is 1.24 bits per heavy atom. The van der Waals surface area contributed by atoms with Gasteiger partial charge in [-0.25, -0.2) is 9.59 Å². The molecule has 1 aliphatic carbocycles. The number of hydrogen-bond donors (Lipinski definition) is 5. The maximum atomic E-state index is 14.0. The van der Waals surface area contributed by atoms with Crippen molar-refractivity contribution in [3.8, 4) is 0 Å². The highest BCUT2D eigenvalue weighted by atomic mass is 35.5. The summed E-state index contributed by atoms with van der Waals surface area (Å²) < 4.78 is 0. The van der Waals surface area contributed by atoms with E-state index < -0.39 is 23.8 Å². The van der Waals surface area contributed by atoms with Crippen LogP contribution < -0.4 is 11.1 Å². The van der Waals surface area contributed by atoms with E-state index in [1.54, 1.807) is 18.2 Å². The number of hydrogen-bond acceptors (Lipinski definition) is 5. The topological polar surface area (TPSA) is 139 Å². The molecular weight excluding hydrogens is 496 g/mol. The second-order valence-corrected chi connectivity index (χ2v) is 11.0. The van der Waals surface area contributed by atoms with Gasteiger partial charge in [-0.2, -0.15) is 0 Å². The van der Waals surface area contributed by atoms with Gasteiger partial charge in [0.1, 0.15) is 0 Å².